The first-order chi connectivity index (χ1) is 10.1. The Morgan fingerprint density at radius 2 is 2.38 bits per heavy atom. The van der Waals surface area contributed by atoms with Gasteiger partial charge in [0.25, 0.3) is 5.91 Å². The SMILES string of the molecule is CC1OCCC1CNC(=O)c1ccncc1/C=C/C(=O)O. The molecule has 21 heavy (non-hydrogen) atoms. The van der Waals surface area contributed by atoms with Crippen LogP contribution >= 0.6 is 0 Å². The molecule has 2 unspecified atom stereocenters. The first-order valence-corrected chi connectivity index (χ1v) is 6.82. The lowest BCUT2D eigenvalue weighted by atomic mass is 10.0. The summed E-state index contributed by atoms with van der Waals surface area (Å²) in [6.07, 6.45) is 6.41. The average molecular weight is 290 g/mol. The molecule has 1 saturated heterocycles. The molecular formula is C15H18N2O4. The summed E-state index contributed by atoms with van der Waals surface area (Å²) in [6.45, 7) is 3.27. The van der Waals surface area contributed by atoms with Crippen molar-refractivity contribution in [3.63, 3.8) is 0 Å². The highest BCUT2D eigenvalue weighted by atomic mass is 16.5. The van der Waals surface area contributed by atoms with Crippen molar-refractivity contribution < 1.29 is 19.4 Å². The van der Waals surface area contributed by atoms with Crippen molar-refractivity contribution in [2.75, 3.05) is 13.2 Å². The predicted octanol–water partition coefficient (Wildman–Crippen LogP) is 1.33. The summed E-state index contributed by atoms with van der Waals surface area (Å²) >= 11 is 0. The summed E-state index contributed by atoms with van der Waals surface area (Å²) in [5.74, 6) is -0.988. The molecule has 0 radical (unpaired) electrons. The highest BCUT2D eigenvalue weighted by Gasteiger charge is 2.24. The number of rotatable bonds is 5. The maximum atomic E-state index is 12.2. The number of carboxylic acids is 1. The minimum absolute atomic E-state index is 0.147. The molecule has 2 atom stereocenters. The van der Waals surface area contributed by atoms with Crippen molar-refractivity contribution in [2.24, 2.45) is 5.92 Å². The van der Waals surface area contributed by atoms with Gasteiger partial charge in [-0.2, -0.15) is 0 Å². The van der Waals surface area contributed by atoms with Gasteiger partial charge in [0.1, 0.15) is 0 Å². The van der Waals surface area contributed by atoms with Crippen LogP contribution < -0.4 is 5.32 Å². The van der Waals surface area contributed by atoms with Crippen LogP contribution in [0.25, 0.3) is 6.08 Å². The fraction of sp³-hybridized carbons (Fsp3) is 0.400. The Morgan fingerprint density at radius 1 is 1.57 bits per heavy atom. The number of nitrogens with zero attached hydrogens (tertiary/aromatic N) is 1. The zero-order valence-electron chi connectivity index (χ0n) is 11.8. The number of aliphatic carboxylic acids is 1. The summed E-state index contributed by atoms with van der Waals surface area (Å²) in [6, 6.07) is 1.57. The zero-order chi connectivity index (χ0) is 15.2. The monoisotopic (exact) mass is 290 g/mol. The Kier molecular flexibility index (Phi) is 5.05. The third-order valence-corrected chi connectivity index (χ3v) is 3.56. The minimum Gasteiger partial charge on any atom is -0.478 e. The van der Waals surface area contributed by atoms with E-state index in [2.05, 4.69) is 10.3 Å². The van der Waals surface area contributed by atoms with Crippen LogP contribution in [-0.2, 0) is 9.53 Å². The van der Waals surface area contributed by atoms with E-state index in [4.69, 9.17) is 9.84 Å². The van der Waals surface area contributed by atoms with Gasteiger partial charge in [0.2, 0.25) is 0 Å². The summed E-state index contributed by atoms with van der Waals surface area (Å²) in [5, 5.41) is 11.5. The van der Waals surface area contributed by atoms with Crippen LogP contribution in [0.1, 0.15) is 29.3 Å². The second-order valence-electron chi connectivity index (χ2n) is 4.97. The number of ether oxygens (including phenoxy) is 1. The van der Waals surface area contributed by atoms with Gasteiger partial charge in [0, 0.05) is 48.7 Å². The van der Waals surface area contributed by atoms with Gasteiger partial charge in [0.05, 0.1) is 6.10 Å². The lowest BCUT2D eigenvalue weighted by Gasteiger charge is -2.15. The molecule has 2 heterocycles. The highest BCUT2D eigenvalue weighted by molar-refractivity contribution is 5.98. The predicted molar refractivity (Wildman–Crippen MR) is 76.8 cm³/mol. The Labute approximate surface area is 122 Å². The number of amides is 1. The van der Waals surface area contributed by atoms with Gasteiger partial charge in [-0.05, 0) is 25.5 Å². The minimum atomic E-state index is -1.07. The standard InChI is InChI=1S/C15H18N2O4/c1-10-11(5-7-21-10)9-17-15(20)13-4-6-16-8-12(13)2-3-14(18)19/h2-4,6,8,10-11H,5,7,9H2,1H3,(H,17,20)(H,18,19)/b3-2+. The molecule has 6 nitrogen and oxygen atoms in total. The number of carboxylic acid groups (broad SMARTS) is 1. The molecule has 0 aromatic carbocycles. The second-order valence-corrected chi connectivity index (χ2v) is 4.97. The molecule has 0 bridgehead atoms. The Hall–Kier alpha value is -2.21. The third-order valence-electron chi connectivity index (χ3n) is 3.56. The van der Waals surface area contributed by atoms with Crippen LogP contribution in [0.5, 0.6) is 0 Å². The van der Waals surface area contributed by atoms with E-state index in [0.717, 1.165) is 19.1 Å². The Morgan fingerprint density at radius 3 is 3.05 bits per heavy atom. The maximum Gasteiger partial charge on any atom is 0.328 e. The van der Waals surface area contributed by atoms with Crippen LogP contribution in [0, 0.1) is 5.92 Å². The van der Waals surface area contributed by atoms with E-state index in [1.165, 1.54) is 18.5 Å². The van der Waals surface area contributed by atoms with Crippen LogP contribution in [0.15, 0.2) is 24.5 Å². The van der Waals surface area contributed by atoms with Crippen LogP contribution in [0.2, 0.25) is 0 Å². The summed E-state index contributed by atoms with van der Waals surface area (Å²) in [7, 11) is 0. The van der Waals surface area contributed by atoms with E-state index in [0.29, 0.717) is 23.6 Å². The van der Waals surface area contributed by atoms with Crippen LogP contribution in [0.3, 0.4) is 0 Å². The summed E-state index contributed by atoms with van der Waals surface area (Å²) in [5.41, 5.74) is 0.891. The topological polar surface area (TPSA) is 88.5 Å². The number of hydrogen-bond acceptors (Lipinski definition) is 4. The summed E-state index contributed by atoms with van der Waals surface area (Å²) < 4.78 is 5.45. The van der Waals surface area contributed by atoms with Gasteiger partial charge in [-0.15, -0.1) is 0 Å². The largest absolute Gasteiger partial charge is 0.478 e. The van der Waals surface area contributed by atoms with Crippen molar-refractivity contribution in [2.45, 2.75) is 19.4 Å². The van der Waals surface area contributed by atoms with E-state index in [-0.39, 0.29) is 12.0 Å². The lowest BCUT2D eigenvalue weighted by Crippen LogP contribution is -2.32. The van der Waals surface area contributed by atoms with Gasteiger partial charge in [0.15, 0.2) is 0 Å². The molecule has 6 heteroatoms. The van der Waals surface area contributed by atoms with Gasteiger partial charge in [-0.1, -0.05) is 0 Å². The number of aromatic nitrogens is 1. The number of hydrogen-bond donors (Lipinski definition) is 2. The number of pyridine rings is 1. The van der Waals surface area contributed by atoms with E-state index in [1.54, 1.807) is 6.07 Å². The van der Waals surface area contributed by atoms with Crippen molar-refractivity contribution >= 4 is 18.0 Å². The van der Waals surface area contributed by atoms with Crippen LogP contribution in [0.4, 0.5) is 0 Å². The molecule has 1 aromatic rings. The first-order valence-electron chi connectivity index (χ1n) is 6.82. The normalized spacial score (nSPS) is 21.6. The molecule has 1 amide bonds. The number of nitrogens with one attached hydrogen (secondary N) is 1. The molecule has 0 spiro atoms. The van der Waals surface area contributed by atoms with E-state index >= 15 is 0 Å². The van der Waals surface area contributed by atoms with Crippen LogP contribution in [-0.4, -0.2) is 41.2 Å². The van der Waals surface area contributed by atoms with E-state index < -0.39 is 5.97 Å². The molecule has 2 N–H and O–H groups in total. The Balaban J connectivity index is 2.03. The van der Waals surface area contributed by atoms with E-state index in [9.17, 15) is 9.59 Å². The molecular weight excluding hydrogens is 272 g/mol. The first kappa shape index (κ1) is 15.2. The van der Waals surface area contributed by atoms with Crippen molar-refractivity contribution in [3.05, 3.63) is 35.7 Å². The van der Waals surface area contributed by atoms with E-state index in [1.807, 2.05) is 6.92 Å². The van der Waals surface area contributed by atoms with Crippen molar-refractivity contribution in [3.8, 4) is 0 Å². The number of carbonyl (C=O) groups excluding carboxylic acids is 1. The molecule has 1 aromatic heterocycles. The maximum absolute atomic E-state index is 12.2. The lowest BCUT2D eigenvalue weighted by molar-refractivity contribution is -0.131. The zero-order valence-corrected chi connectivity index (χ0v) is 11.8. The molecule has 0 saturated carbocycles. The molecule has 1 fully saturated rings. The van der Waals surface area contributed by atoms with Crippen molar-refractivity contribution in [1.82, 2.24) is 10.3 Å². The fourth-order valence-corrected chi connectivity index (χ4v) is 2.27. The molecule has 1 aliphatic heterocycles. The highest BCUT2D eigenvalue weighted by Crippen LogP contribution is 2.19. The quantitative estimate of drug-likeness (QED) is 0.799. The molecule has 112 valence electrons. The fourth-order valence-electron chi connectivity index (χ4n) is 2.27. The smallest absolute Gasteiger partial charge is 0.328 e. The van der Waals surface area contributed by atoms with Gasteiger partial charge >= 0.3 is 5.97 Å². The molecule has 1 aliphatic rings. The number of carbonyl (C=O) groups is 2. The third kappa shape index (κ3) is 4.13. The average Bonchev–Trinajstić information content (AvgIpc) is 2.88. The molecule has 2 rings (SSSR count). The van der Waals surface area contributed by atoms with Gasteiger partial charge in [-0.25, -0.2) is 4.79 Å². The van der Waals surface area contributed by atoms with Gasteiger partial charge < -0.3 is 15.2 Å². The van der Waals surface area contributed by atoms with Gasteiger partial charge in [-0.3, -0.25) is 9.78 Å². The Bertz CT molecular complexity index is 556. The summed E-state index contributed by atoms with van der Waals surface area (Å²) in [4.78, 5) is 26.7. The molecule has 0 aliphatic carbocycles. The van der Waals surface area contributed by atoms with Crippen molar-refractivity contribution in [1.29, 1.82) is 0 Å². The second kappa shape index (κ2) is 6.99.